The van der Waals surface area contributed by atoms with Crippen molar-refractivity contribution in [2.45, 2.75) is 289 Å². The molecule has 0 bridgehead atoms. The summed E-state index contributed by atoms with van der Waals surface area (Å²) < 4.78 is 5.42. The zero-order valence-electron chi connectivity index (χ0n) is 39.5. The van der Waals surface area contributed by atoms with Crippen LogP contribution in [0.1, 0.15) is 277 Å². The van der Waals surface area contributed by atoms with Crippen molar-refractivity contribution in [1.82, 2.24) is 5.32 Å². The fourth-order valence-corrected chi connectivity index (χ4v) is 7.92. The third-order valence-electron chi connectivity index (χ3n) is 12.0. The van der Waals surface area contributed by atoms with E-state index in [1.54, 1.807) is 6.08 Å². The molecule has 0 rings (SSSR count). The Labute approximate surface area is 367 Å². The fourth-order valence-electron chi connectivity index (χ4n) is 7.92. The molecule has 6 heteroatoms. The molecule has 0 saturated heterocycles. The van der Waals surface area contributed by atoms with E-state index in [1.807, 2.05) is 6.08 Å². The number of amides is 1. The second kappa shape index (κ2) is 49.0. The Balaban J connectivity index is 3.56. The molecule has 0 aromatic rings. The van der Waals surface area contributed by atoms with Crippen molar-refractivity contribution in [3.8, 4) is 0 Å². The van der Waals surface area contributed by atoms with E-state index in [4.69, 9.17) is 4.74 Å². The third kappa shape index (κ3) is 45.7. The molecule has 0 aliphatic rings. The highest BCUT2D eigenvalue weighted by Gasteiger charge is 2.18. The summed E-state index contributed by atoms with van der Waals surface area (Å²) in [5.41, 5.74) is 0. The van der Waals surface area contributed by atoms with Gasteiger partial charge in [0, 0.05) is 12.8 Å². The van der Waals surface area contributed by atoms with Crippen molar-refractivity contribution in [1.29, 1.82) is 0 Å². The van der Waals surface area contributed by atoms with Gasteiger partial charge in [0.1, 0.15) is 0 Å². The van der Waals surface area contributed by atoms with Gasteiger partial charge in [-0.3, -0.25) is 9.59 Å². The summed E-state index contributed by atoms with van der Waals surface area (Å²) in [6.45, 7) is 4.83. The maximum atomic E-state index is 12.4. The molecule has 1 amide bonds. The lowest BCUT2D eigenvalue weighted by atomic mass is 10.0. The molecule has 0 spiro atoms. The summed E-state index contributed by atoms with van der Waals surface area (Å²) >= 11 is 0. The van der Waals surface area contributed by atoms with E-state index in [2.05, 4.69) is 31.3 Å². The normalized spacial score (nSPS) is 12.8. The van der Waals surface area contributed by atoms with Crippen LogP contribution in [0, 0.1) is 0 Å². The number of hydrogen-bond acceptors (Lipinski definition) is 5. The van der Waals surface area contributed by atoms with Crippen LogP contribution in [0.5, 0.6) is 0 Å². The quantitative estimate of drug-likeness (QED) is 0.0322. The summed E-state index contributed by atoms with van der Waals surface area (Å²) in [6, 6.07) is -0.648. The van der Waals surface area contributed by atoms with Gasteiger partial charge in [-0.25, -0.2) is 0 Å². The first-order valence-corrected chi connectivity index (χ1v) is 26.1. The standard InChI is InChI=1S/C53H101NO5/c1-3-5-7-9-11-13-15-16-17-18-19-20-21-22-23-26-29-33-37-41-45-51(56)50(49-55)54-52(57)46-42-38-34-30-27-24-28-32-36-40-44-48-59-53(58)47-43-39-35-31-25-14-12-10-8-6-4-2/h28,32,41,45,50-51,55-56H,3-27,29-31,33-40,42-44,46-49H2,1-2H3,(H,54,57)/b32-28-,45-41+. The molecule has 348 valence electrons. The van der Waals surface area contributed by atoms with Crippen molar-refractivity contribution in [2.75, 3.05) is 13.2 Å². The van der Waals surface area contributed by atoms with Gasteiger partial charge in [0.15, 0.2) is 0 Å². The van der Waals surface area contributed by atoms with Crippen LogP contribution in [0.15, 0.2) is 24.3 Å². The summed E-state index contributed by atoms with van der Waals surface area (Å²) in [5.74, 6) is -0.129. The maximum absolute atomic E-state index is 12.4. The summed E-state index contributed by atoms with van der Waals surface area (Å²) in [4.78, 5) is 24.4. The number of hydrogen-bond donors (Lipinski definition) is 3. The van der Waals surface area contributed by atoms with Gasteiger partial charge in [-0.15, -0.1) is 0 Å². The number of esters is 1. The number of unbranched alkanes of at least 4 members (excludes halogenated alkanes) is 35. The molecule has 2 atom stereocenters. The number of rotatable bonds is 48. The van der Waals surface area contributed by atoms with Gasteiger partial charge in [0.05, 0.1) is 25.4 Å². The molecule has 0 aliphatic carbocycles. The lowest BCUT2D eigenvalue weighted by molar-refractivity contribution is -0.143. The molecule has 3 N–H and O–H groups in total. The van der Waals surface area contributed by atoms with Crippen molar-refractivity contribution in [3.63, 3.8) is 0 Å². The average Bonchev–Trinajstić information content (AvgIpc) is 3.24. The van der Waals surface area contributed by atoms with E-state index < -0.39 is 12.1 Å². The van der Waals surface area contributed by atoms with Crippen molar-refractivity contribution in [2.24, 2.45) is 0 Å². The first-order chi connectivity index (χ1) is 29.0. The first-order valence-electron chi connectivity index (χ1n) is 26.1. The Morgan fingerprint density at radius 2 is 0.797 bits per heavy atom. The number of carbonyl (C=O) groups excluding carboxylic acids is 2. The molecule has 59 heavy (non-hydrogen) atoms. The van der Waals surface area contributed by atoms with Gasteiger partial charge in [-0.2, -0.15) is 0 Å². The van der Waals surface area contributed by atoms with Crippen LogP contribution < -0.4 is 5.32 Å². The highest BCUT2D eigenvalue weighted by molar-refractivity contribution is 5.76. The van der Waals surface area contributed by atoms with Gasteiger partial charge >= 0.3 is 5.97 Å². The van der Waals surface area contributed by atoms with Crippen molar-refractivity contribution >= 4 is 11.9 Å². The molecule has 0 aliphatic heterocycles. The SMILES string of the molecule is CCCCCCCCCCCCCCCCCCCC/C=C/C(O)C(CO)NC(=O)CCCCCCC/C=C\CCCCOC(=O)CCCCCCCCCCCCC. The van der Waals surface area contributed by atoms with Crippen LogP contribution >= 0.6 is 0 Å². The fraction of sp³-hybridized carbons (Fsp3) is 0.887. The van der Waals surface area contributed by atoms with E-state index in [1.165, 1.54) is 167 Å². The van der Waals surface area contributed by atoms with E-state index in [0.29, 0.717) is 19.4 Å². The molecule has 0 aromatic heterocycles. The number of ether oxygens (including phenoxy) is 1. The Kier molecular flexibility index (Phi) is 47.6. The van der Waals surface area contributed by atoms with Crippen LogP contribution in [0.2, 0.25) is 0 Å². The molecule has 0 saturated carbocycles. The third-order valence-corrected chi connectivity index (χ3v) is 12.0. The Hall–Kier alpha value is -1.66. The minimum absolute atomic E-state index is 0.0332. The molecule has 0 aromatic carbocycles. The zero-order chi connectivity index (χ0) is 43.0. The van der Waals surface area contributed by atoms with Crippen LogP contribution in [-0.2, 0) is 14.3 Å². The molecule has 6 nitrogen and oxygen atoms in total. The highest BCUT2D eigenvalue weighted by atomic mass is 16.5. The predicted molar refractivity (Wildman–Crippen MR) is 255 cm³/mol. The van der Waals surface area contributed by atoms with Gasteiger partial charge in [-0.05, 0) is 57.8 Å². The van der Waals surface area contributed by atoms with Crippen LogP contribution in [-0.4, -0.2) is 47.4 Å². The second-order valence-electron chi connectivity index (χ2n) is 17.9. The Morgan fingerprint density at radius 1 is 0.458 bits per heavy atom. The molecule has 0 radical (unpaired) electrons. The number of aliphatic hydroxyl groups excluding tert-OH is 2. The van der Waals surface area contributed by atoms with E-state index >= 15 is 0 Å². The first kappa shape index (κ1) is 57.3. The van der Waals surface area contributed by atoms with Crippen LogP contribution in [0.3, 0.4) is 0 Å². The lowest BCUT2D eigenvalue weighted by Crippen LogP contribution is -2.45. The second-order valence-corrected chi connectivity index (χ2v) is 17.9. The largest absolute Gasteiger partial charge is 0.466 e. The van der Waals surface area contributed by atoms with Crippen LogP contribution in [0.4, 0.5) is 0 Å². The van der Waals surface area contributed by atoms with Crippen LogP contribution in [0.25, 0.3) is 0 Å². The molecule has 0 fully saturated rings. The van der Waals surface area contributed by atoms with Gasteiger partial charge in [0.2, 0.25) is 5.91 Å². The number of aliphatic hydroxyl groups is 2. The molecular formula is C53H101NO5. The highest BCUT2D eigenvalue weighted by Crippen LogP contribution is 2.16. The Morgan fingerprint density at radius 3 is 1.20 bits per heavy atom. The topological polar surface area (TPSA) is 95.9 Å². The predicted octanol–water partition coefficient (Wildman–Crippen LogP) is 15.5. The van der Waals surface area contributed by atoms with Gasteiger partial charge in [-0.1, -0.05) is 231 Å². The maximum Gasteiger partial charge on any atom is 0.305 e. The molecule has 2 unspecified atom stereocenters. The lowest BCUT2D eigenvalue weighted by Gasteiger charge is -2.20. The van der Waals surface area contributed by atoms with Crippen molar-refractivity contribution < 1.29 is 24.5 Å². The zero-order valence-corrected chi connectivity index (χ0v) is 39.5. The van der Waals surface area contributed by atoms with Crippen molar-refractivity contribution in [3.05, 3.63) is 24.3 Å². The number of nitrogens with one attached hydrogen (secondary N) is 1. The smallest absolute Gasteiger partial charge is 0.305 e. The average molecular weight is 832 g/mol. The summed E-state index contributed by atoms with van der Waals surface area (Å²) in [6.07, 6.45) is 57.5. The van der Waals surface area contributed by atoms with E-state index in [9.17, 15) is 19.8 Å². The van der Waals surface area contributed by atoms with Gasteiger partial charge in [0.25, 0.3) is 0 Å². The summed E-state index contributed by atoms with van der Waals surface area (Å²) in [7, 11) is 0. The molecule has 0 heterocycles. The molecular weight excluding hydrogens is 731 g/mol. The van der Waals surface area contributed by atoms with E-state index in [-0.39, 0.29) is 18.5 Å². The number of carbonyl (C=O) groups is 2. The van der Waals surface area contributed by atoms with E-state index in [0.717, 1.165) is 83.5 Å². The number of allylic oxidation sites excluding steroid dienone is 3. The minimum atomic E-state index is -0.862. The minimum Gasteiger partial charge on any atom is -0.466 e. The monoisotopic (exact) mass is 832 g/mol. The summed E-state index contributed by atoms with van der Waals surface area (Å²) in [5, 5.41) is 23.1. The van der Waals surface area contributed by atoms with Gasteiger partial charge < -0.3 is 20.3 Å². The Bertz CT molecular complexity index is 920.